The summed E-state index contributed by atoms with van der Waals surface area (Å²) in [6, 6.07) is 11.9. The number of aromatic nitrogens is 2. The predicted molar refractivity (Wildman–Crippen MR) is 98.0 cm³/mol. The van der Waals surface area contributed by atoms with Gasteiger partial charge in [0.05, 0.1) is 30.5 Å². The van der Waals surface area contributed by atoms with E-state index in [9.17, 15) is 4.79 Å². The lowest BCUT2D eigenvalue weighted by molar-refractivity contribution is -0.118. The van der Waals surface area contributed by atoms with Crippen LogP contribution in [0.4, 0.5) is 0 Å². The molecule has 3 aromatic rings. The molecule has 7 heteroatoms. The Hall–Kier alpha value is -1.99. The number of carbonyl (C=O) groups is 1. The molecule has 1 aromatic carbocycles. The van der Waals surface area contributed by atoms with Gasteiger partial charge >= 0.3 is 0 Å². The van der Waals surface area contributed by atoms with Crippen molar-refractivity contribution < 1.29 is 9.21 Å². The molecule has 1 amide bonds. The lowest BCUT2D eigenvalue weighted by atomic mass is 10.2. The molecule has 0 saturated heterocycles. The summed E-state index contributed by atoms with van der Waals surface area (Å²) in [5.41, 5.74) is 2.04. The molecule has 0 saturated carbocycles. The molecular formula is C17H16BrN3O2S. The Morgan fingerprint density at radius 2 is 2.12 bits per heavy atom. The highest BCUT2D eigenvalue weighted by Gasteiger charge is 2.15. The van der Waals surface area contributed by atoms with Gasteiger partial charge in [-0.2, -0.15) is 0 Å². The molecule has 0 radical (unpaired) electrons. The maximum Gasteiger partial charge on any atom is 0.230 e. The van der Waals surface area contributed by atoms with E-state index < -0.39 is 0 Å². The predicted octanol–water partition coefficient (Wildman–Crippen LogP) is 3.79. The van der Waals surface area contributed by atoms with Crippen LogP contribution >= 0.6 is 27.7 Å². The molecule has 0 spiro atoms. The highest BCUT2D eigenvalue weighted by molar-refractivity contribution is 9.10. The van der Waals surface area contributed by atoms with E-state index in [2.05, 4.69) is 30.8 Å². The van der Waals surface area contributed by atoms with Crippen molar-refractivity contribution in [1.29, 1.82) is 0 Å². The molecule has 0 aliphatic carbocycles. The SMILES string of the molecule is CNC(=O)CSc1ncc(-c2ccc(Br)cc2)n1Cc1ccco1. The zero-order chi connectivity index (χ0) is 16.9. The van der Waals surface area contributed by atoms with Crippen molar-refractivity contribution >= 4 is 33.6 Å². The molecule has 0 aliphatic rings. The highest BCUT2D eigenvalue weighted by atomic mass is 79.9. The van der Waals surface area contributed by atoms with Gasteiger partial charge in [-0.15, -0.1) is 0 Å². The molecule has 2 aromatic heterocycles. The quantitative estimate of drug-likeness (QED) is 0.633. The minimum atomic E-state index is -0.0299. The summed E-state index contributed by atoms with van der Waals surface area (Å²) in [5.74, 6) is 1.14. The van der Waals surface area contributed by atoms with Crippen LogP contribution in [0, 0.1) is 0 Å². The van der Waals surface area contributed by atoms with Crippen molar-refractivity contribution in [3.63, 3.8) is 0 Å². The van der Waals surface area contributed by atoms with Crippen LogP contribution < -0.4 is 5.32 Å². The van der Waals surface area contributed by atoms with Gasteiger partial charge in [-0.25, -0.2) is 4.98 Å². The van der Waals surface area contributed by atoms with E-state index in [1.54, 1.807) is 13.3 Å². The van der Waals surface area contributed by atoms with Gasteiger partial charge in [0.15, 0.2) is 5.16 Å². The van der Waals surface area contributed by atoms with Gasteiger partial charge in [-0.3, -0.25) is 4.79 Å². The first kappa shape index (κ1) is 16.9. The second kappa shape index (κ2) is 7.72. The number of nitrogens with one attached hydrogen (secondary N) is 1. The van der Waals surface area contributed by atoms with Crippen molar-refractivity contribution in [1.82, 2.24) is 14.9 Å². The molecule has 24 heavy (non-hydrogen) atoms. The fourth-order valence-electron chi connectivity index (χ4n) is 2.24. The summed E-state index contributed by atoms with van der Waals surface area (Å²) in [4.78, 5) is 16.0. The second-order valence-corrected chi connectivity index (χ2v) is 6.92. The Kier molecular flexibility index (Phi) is 5.42. The normalized spacial score (nSPS) is 10.8. The number of nitrogens with zero attached hydrogens (tertiary/aromatic N) is 2. The molecule has 124 valence electrons. The number of benzene rings is 1. The summed E-state index contributed by atoms with van der Waals surface area (Å²) in [6.45, 7) is 0.564. The zero-order valence-electron chi connectivity index (χ0n) is 13.0. The number of thioether (sulfide) groups is 1. The Morgan fingerprint density at radius 3 is 2.79 bits per heavy atom. The number of furan rings is 1. The van der Waals surface area contributed by atoms with Gasteiger partial charge in [-0.05, 0) is 29.8 Å². The molecule has 3 rings (SSSR count). The molecule has 1 N–H and O–H groups in total. The van der Waals surface area contributed by atoms with Gasteiger partial charge in [-0.1, -0.05) is 39.8 Å². The molecular weight excluding hydrogens is 390 g/mol. The first-order chi connectivity index (χ1) is 11.7. The Balaban J connectivity index is 1.93. The maximum absolute atomic E-state index is 11.5. The lowest BCUT2D eigenvalue weighted by Crippen LogP contribution is -2.20. The molecule has 0 fully saturated rings. The Morgan fingerprint density at radius 1 is 1.33 bits per heavy atom. The number of carbonyl (C=O) groups excluding carboxylic acids is 1. The average Bonchev–Trinajstić information content (AvgIpc) is 3.24. The smallest absolute Gasteiger partial charge is 0.230 e. The molecule has 0 bridgehead atoms. The fraction of sp³-hybridized carbons (Fsp3) is 0.176. The van der Waals surface area contributed by atoms with Gasteiger partial charge in [0.25, 0.3) is 0 Å². The van der Waals surface area contributed by atoms with E-state index in [1.165, 1.54) is 11.8 Å². The van der Waals surface area contributed by atoms with Crippen LogP contribution in [-0.4, -0.2) is 28.3 Å². The summed E-state index contributed by atoms with van der Waals surface area (Å²) in [6.07, 6.45) is 3.49. The van der Waals surface area contributed by atoms with E-state index in [1.807, 2.05) is 42.6 Å². The highest BCUT2D eigenvalue weighted by Crippen LogP contribution is 2.28. The first-order valence-electron chi connectivity index (χ1n) is 7.34. The topological polar surface area (TPSA) is 60.1 Å². The van der Waals surface area contributed by atoms with Crippen molar-refractivity contribution in [2.45, 2.75) is 11.7 Å². The Labute approximate surface area is 152 Å². The fourth-order valence-corrected chi connectivity index (χ4v) is 3.35. The summed E-state index contributed by atoms with van der Waals surface area (Å²) in [5, 5.41) is 3.41. The average molecular weight is 406 g/mol. The van der Waals surface area contributed by atoms with Crippen molar-refractivity contribution in [2.75, 3.05) is 12.8 Å². The summed E-state index contributed by atoms with van der Waals surface area (Å²) >= 11 is 4.86. The van der Waals surface area contributed by atoms with E-state index >= 15 is 0 Å². The van der Waals surface area contributed by atoms with Crippen LogP contribution in [0.3, 0.4) is 0 Å². The maximum atomic E-state index is 11.5. The van der Waals surface area contributed by atoms with E-state index in [-0.39, 0.29) is 5.91 Å². The van der Waals surface area contributed by atoms with Crippen LogP contribution in [0.5, 0.6) is 0 Å². The van der Waals surface area contributed by atoms with Crippen molar-refractivity contribution in [2.24, 2.45) is 0 Å². The minimum absolute atomic E-state index is 0.0299. The number of hydrogen-bond donors (Lipinski definition) is 1. The van der Waals surface area contributed by atoms with E-state index in [4.69, 9.17) is 4.42 Å². The second-order valence-electron chi connectivity index (χ2n) is 5.06. The molecule has 0 atom stereocenters. The third-order valence-electron chi connectivity index (χ3n) is 3.46. The van der Waals surface area contributed by atoms with Gasteiger partial charge in [0.1, 0.15) is 5.76 Å². The molecule has 0 unspecified atom stereocenters. The number of imidazole rings is 1. The van der Waals surface area contributed by atoms with Crippen LogP contribution in [0.25, 0.3) is 11.3 Å². The monoisotopic (exact) mass is 405 g/mol. The summed E-state index contributed by atoms with van der Waals surface area (Å²) < 4.78 is 8.56. The number of halogens is 1. The lowest BCUT2D eigenvalue weighted by Gasteiger charge is -2.10. The van der Waals surface area contributed by atoms with E-state index in [0.717, 1.165) is 26.6 Å². The summed E-state index contributed by atoms with van der Waals surface area (Å²) in [7, 11) is 1.63. The van der Waals surface area contributed by atoms with Gasteiger partial charge in [0.2, 0.25) is 5.91 Å². The Bertz CT molecular complexity index is 813. The largest absolute Gasteiger partial charge is 0.467 e. The van der Waals surface area contributed by atoms with Crippen molar-refractivity contribution in [3.05, 3.63) is 59.1 Å². The molecule has 5 nitrogen and oxygen atoms in total. The first-order valence-corrected chi connectivity index (χ1v) is 9.12. The van der Waals surface area contributed by atoms with Gasteiger partial charge < -0.3 is 14.3 Å². The number of rotatable bonds is 6. The zero-order valence-corrected chi connectivity index (χ0v) is 15.4. The standard InChI is InChI=1S/C17H16BrN3O2S/c1-19-16(22)11-24-17-20-9-15(12-4-6-13(18)7-5-12)21(17)10-14-3-2-8-23-14/h2-9H,10-11H2,1H3,(H,19,22). The molecule has 0 aliphatic heterocycles. The van der Waals surface area contributed by atoms with E-state index in [0.29, 0.717) is 12.3 Å². The third kappa shape index (κ3) is 3.91. The van der Waals surface area contributed by atoms with Crippen LogP contribution in [0.1, 0.15) is 5.76 Å². The van der Waals surface area contributed by atoms with Gasteiger partial charge in [0, 0.05) is 11.5 Å². The van der Waals surface area contributed by atoms with Crippen LogP contribution in [0.2, 0.25) is 0 Å². The van der Waals surface area contributed by atoms with Crippen molar-refractivity contribution in [3.8, 4) is 11.3 Å². The number of amides is 1. The van der Waals surface area contributed by atoms with Crippen LogP contribution in [-0.2, 0) is 11.3 Å². The molecule has 2 heterocycles. The number of hydrogen-bond acceptors (Lipinski definition) is 4. The third-order valence-corrected chi connectivity index (χ3v) is 4.98. The minimum Gasteiger partial charge on any atom is -0.467 e. The van der Waals surface area contributed by atoms with Crippen LogP contribution in [0.15, 0.2) is 62.9 Å².